The number of hydrogen-bond donors (Lipinski definition) is 2. The highest BCUT2D eigenvalue weighted by Crippen LogP contribution is 2.21. The monoisotopic (exact) mass is 275 g/mol. The molecule has 0 bridgehead atoms. The highest BCUT2D eigenvalue weighted by molar-refractivity contribution is 5.64. The minimum atomic E-state index is -1.14. The van der Waals surface area contributed by atoms with Crippen molar-refractivity contribution >= 4 is 6.09 Å². The number of amides is 1. The molecule has 4 nitrogen and oxygen atoms in total. The second-order valence-electron chi connectivity index (χ2n) is 4.19. The second-order valence-corrected chi connectivity index (χ2v) is 4.19. The van der Waals surface area contributed by atoms with E-state index >= 15 is 0 Å². The fourth-order valence-electron chi connectivity index (χ4n) is 1.71. The van der Waals surface area contributed by atoms with Crippen LogP contribution in [0, 0.1) is 5.82 Å². The van der Waals surface area contributed by atoms with Gasteiger partial charge in [-0.15, -0.1) is 0 Å². The average molecular weight is 275 g/mol. The van der Waals surface area contributed by atoms with Gasteiger partial charge in [0, 0.05) is 18.2 Å². The molecule has 0 fully saturated rings. The van der Waals surface area contributed by atoms with Crippen molar-refractivity contribution in [2.45, 2.75) is 13.2 Å². The molecule has 5 heteroatoms. The number of halogens is 1. The Hall–Kier alpha value is -2.56. The Morgan fingerprint density at radius 2 is 1.95 bits per heavy atom. The Morgan fingerprint density at radius 3 is 2.65 bits per heavy atom. The third-order valence-electron chi connectivity index (χ3n) is 2.70. The van der Waals surface area contributed by atoms with Crippen LogP contribution in [-0.2, 0) is 13.2 Å². The Bertz CT molecular complexity index is 587. The van der Waals surface area contributed by atoms with Crippen molar-refractivity contribution in [1.29, 1.82) is 0 Å². The molecule has 20 heavy (non-hydrogen) atoms. The molecule has 0 saturated heterocycles. The summed E-state index contributed by atoms with van der Waals surface area (Å²) in [5, 5.41) is 10.8. The van der Waals surface area contributed by atoms with Crippen molar-refractivity contribution in [2.24, 2.45) is 0 Å². The first-order valence-electron chi connectivity index (χ1n) is 6.07. The zero-order chi connectivity index (χ0) is 14.4. The predicted octanol–water partition coefficient (Wildman–Crippen LogP) is 3.17. The van der Waals surface area contributed by atoms with Gasteiger partial charge in [0.15, 0.2) is 0 Å². The van der Waals surface area contributed by atoms with Crippen molar-refractivity contribution in [3.05, 3.63) is 65.5 Å². The Kier molecular flexibility index (Phi) is 4.55. The molecule has 2 N–H and O–H groups in total. The third kappa shape index (κ3) is 3.98. The van der Waals surface area contributed by atoms with Crippen LogP contribution in [0.15, 0.2) is 48.5 Å². The number of carboxylic acid groups (broad SMARTS) is 1. The normalized spacial score (nSPS) is 10.1. The maximum atomic E-state index is 13.3. The van der Waals surface area contributed by atoms with E-state index in [2.05, 4.69) is 5.32 Å². The number of hydrogen-bond acceptors (Lipinski definition) is 2. The summed E-state index contributed by atoms with van der Waals surface area (Å²) < 4.78 is 18.8. The van der Waals surface area contributed by atoms with Crippen LogP contribution in [0.3, 0.4) is 0 Å². The van der Waals surface area contributed by atoms with E-state index in [1.165, 1.54) is 18.2 Å². The summed E-state index contributed by atoms with van der Waals surface area (Å²) in [7, 11) is 0. The lowest BCUT2D eigenvalue weighted by atomic mass is 10.2. The molecule has 2 aromatic rings. The van der Waals surface area contributed by atoms with Crippen molar-refractivity contribution in [2.75, 3.05) is 0 Å². The van der Waals surface area contributed by atoms with Gasteiger partial charge < -0.3 is 15.2 Å². The van der Waals surface area contributed by atoms with E-state index < -0.39 is 11.9 Å². The number of benzene rings is 2. The topological polar surface area (TPSA) is 58.6 Å². The second kappa shape index (κ2) is 6.56. The molecule has 0 aliphatic heterocycles. The van der Waals surface area contributed by atoms with Gasteiger partial charge in [-0.2, -0.15) is 0 Å². The van der Waals surface area contributed by atoms with Gasteiger partial charge in [0.2, 0.25) is 0 Å². The fourth-order valence-corrected chi connectivity index (χ4v) is 1.71. The first-order chi connectivity index (χ1) is 9.65. The summed E-state index contributed by atoms with van der Waals surface area (Å²) in [6.07, 6.45) is -1.14. The lowest BCUT2D eigenvalue weighted by molar-refractivity contribution is 0.193. The van der Waals surface area contributed by atoms with Crippen LogP contribution >= 0.6 is 0 Å². The molecule has 2 rings (SSSR count). The standard InChI is InChI=1S/C15H14FNO3/c16-13-7-6-12(9-17-15(18)19)14(8-13)20-10-11-4-2-1-3-5-11/h1-8,17H,9-10H2,(H,18,19). The first-order valence-corrected chi connectivity index (χ1v) is 6.07. The molecule has 0 heterocycles. The summed E-state index contributed by atoms with van der Waals surface area (Å²) in [5.41, 5.74) is 1.54. The van der Waals surface area contributed by atoms with Crippen LogP contribution in [0.1, 0.15) is 11.1 Å². The predicted molar refractivity (Wildman–Crippen MR) is 72.0 cm³/mol. The minimum absolute atomic E-state index is 0.0692. The van der Waals surface area contributed by atoms with Crippen molar-refractivity contribution in [1.82, 2.24) is 5.32 Å². The first kappa shape index (κ1) is 13.9. The smallest absolute Gasteiger partial charge is 0.404 e. The molecule has 0 unspecified atom stereocenters. The van der Waals surface area contributed by atoms with Crippen LogP contribution in [0.25, 0.3) is 0 Å². The summed E-state index contributed by atoms with van der Waals surface area (Å²) >= 11 is 0. The van der Waals surface area contributed by atoms with Crippen LogP contribution < -0.4 is 10.1 Å². The van der Waals surface area contributed by atoms with Crippen LogP contribution in [0.5, 0.6) is 5.75 Å². The summed E-state index contributed by atoms with van der Waals surface area (Å²) in [6, 6.07) is 13.5. The maximum absolute atomic E-state index is 13.3. The lowest BCUT2D eigenvalue weighted by Crippen LogP contribution is -2.20. The highest BCUT2D eigenvalue weighted by atomic mass is 19.1. The minimum Gasteiger partial charge on any atom is -0.488 e. The zero-order valence-corrected chi connectivity index (χ0v) is 10.7. The lowest BCUT2D eigenvalue weighted by Gasteiger charge is -2.11. The molecule has 0 aliphatic carbocycles. The van der Waals surface area contributed by atoms with Crippen molar-refractivity contribution in [3.8, 4) is 5.75 Å². The molecule has 104 valence electrons. The zero-order valence-electron chi connectivity index (χ0n) is 10.7. The fraction of sp³-hybridized carbons (Fsp3) is 0.133. The van der Waals surface area contributed by atoms with Gasteiger partial charge in [0.1, 0.15) is 18.2 Å². The van der Waals surface area contributed by atoms with E-state index in [0.717, 1.165) is 5.56 Å². The summed E-state index contributed by atoms with van der Waals surface area (Å²) in [6.45, 7) is 0.365. The van der Waals surface area contributed by atoms with E-state index in [9.17, 15) is 9.18 Å². The van der Waals surface area contributed by atoms with Crippen molar-refractivity contribution < 1.29 is 19.0 Å². The van der Waals surface area contributed by atoms with E-state index in [0.29, 0.717) is 17.9 Å². The quantitative estimate of drug-likeness (QED) is 0.881. The molecular weight excluding hydrogens is 261 g/mol. The van der Waals surface area contributed by atoms with Gasteiger partial charge in [-0.05, 0) is 11.6 Å². The Balaban J connectivity index is 2.08. The Labute approximate surface area is 115 Å². The number of carbonyl (C=O) groups is 1. The van der Waals surface area contributed by atoms with E-state index in [4.69, 9.17) is 9.84 Å². The molecule has 0 atom stereocenters. The maximum Gasteiger partial charge on any atom is 0.404 e. The SMILES string of the molecule is O=C(O)NCc1ccc(F)cc1OCc1ccccc1. The summed E-state index contributed by atoms with van der Waals surface area (Å²) in [5.74, 6) is -0.0882. The van der Waals surface area contributed by atoms with Gasteiger partial charge in [0.05, 0.1) is 0 Å². The van der Waals surface area contributed by atoms with Crippen LogP contribution in [0.2, 0.25) is 0 Å². The molecule has 0 aliphatic rings. The number of rotatable bonds is 5. The molecule has 2 aromatic carbocycles. The van der Waals surface area contributed by atoms with Gasteiger partial charge in [-0.1, -0.05) is 36.4 Å². The number of ether oxygens (including phenoxy) is 1. The van der Waals surface area contributed by atoms with Gasteiger partial charge >= 0.3 is 6.09 Å². The van der Waals surface area contributed by atoms with Crippen molar-refractivity contribution in [3.63, 3.8) is 0 Å². The van der Waals surface area contributed by atoms with E-state index in [1.807, 2.05) is 30.3 Å². The molecule has 0 spiro atoms. The highest BCUT2D eigenvalue weighted by Gasteiger charge is 2.07. The molecule has 1 amide bonds. The van der Waals surface area contributed by atoms with Gasteiger partial charge in [0.25, 0.3) is 0 Å². The molecule has 0 radical (unpaired) electrons. The van der Waals surface area contributed by atoms with E-state index in [1.54, 1.807) is 0 Å². The van der Waals surface area contributed by atoms with Gasteiger partial charge in [-0.25, -0.2) is 9.18 Å². The average Bonchev–Trinajstić information content (AvgIpc) is 2.45. The van der Waals surface area contributed by atoms with Crippen LogP contribution in [0.4, 0.5) is 9.18 Å². The largest absolute Gasteiger partial charge is 0.488 e. The molecular formula is C15H14FNO3. The summed E-state index contributed by atoms with van der Waals surface area (Å²) in [4.78, 5) is 10.5. The molecule has 0 saturated carbocycles. The number of nitrogens with one attached hydrogen (secondary N) is 1. The van der Waals surface area contributed by atoms with Crippen LogP contribution in [-0.4, -0.2) is 11.2 Å². The van der Waals surface area contributed by atoms with Gasteiger partial charge in [-0.3, -0.25) is 0 Å². The van der Waals surface area contributed by atoms with E-state index in [-0.39, 0.29) is 6.54 Å². The third-order valence-corrected chi connectivity index (χ3v) is 2.70. The Morgan fingerprint density at radius 1 is 1.20 bits per heavy atom. The molecule has 0 aromatic heterocycles.